The first-order valence-electron chi connectivity index (χ1n) is 9.19. The summed E-state index contributed by atoms with van der Waals surface area (Å²) in [6.07, 6.45) is 1.95. The number of ether oxygens (including phenoxy) is 1. The second kappa shape index (κ2) is 8.36. The fourth-order valence-corrected chi connectivity index (χ4v) is 3.61. The highest BCUT2D eigenvalue weighted by molar-refractivity contribution is 5.60. The number of rotatable bonds is 5. The normalized spacial score (nSPS) is 15.4. The van der Waals surface area contributed by atoms with Crippen LogP contribution in [0.4, 0.5) is 10.1 Å². The largest absolute Gasteiger partial charge is 0.494 e. The van der Waals surface area contributed by atoms with E-state index in [0.29, 0.717) is 11.6 Å². The Hall–Kier alpha value is -2.65. The Labute approximate surface area is 159 Å². The monoisotopic (exact) mass is 368 g/mol. The highest BCUT2D eigenvalue weighted by Gasteiger charge is 2.21. The summed E-state index contributed by atoms with van der Waals surface area (Å²) in [7, 11) is 1.47. The number of nitrogens with one attached hydrogen (secondary N) is 1. The van der Waals surface area contributed by atoms with Crippen LogP contribution in [0.1, 0.15) is 35.4 Å². The lowest BCUT2D eigenvalue weighted by atomic mass is 10.0. The second-order valence-electron chi connectivity index (χ2n) is 7.05. The van der Waals surface area contributed by atoms with E-state index in [1.807, 2.05) is 26.0 Å². The van der Waals surface area contributed by atoms with Gasteiger partial charge in [-0.25, -0.2) is 4.39 Å². The Balaban J connectivity index is 1.58. The maximum Gasteiger partial charge on any atom is 0.165 e. The van der Waals surface area contributed by atoms with Crippen molar-refractivity contribution in [2.24, 2.45) is 0 Å². The summed E-state index contributed by atoms with van der Waals surface area (Å²) in [5.41, 5.74) is 4.12. The molecule has 2 heterocycles. The third kappa shape index (κ3) is 4.55. The molecule has 0 atom stereocenters. The molecule has 1 aliphatic rings. The van der Waals surface area contributed by atoms with E-state index in [-0.39, 0.29) is 11.6 Å². The summed E-state index contributed by atoms with van der Waals surface area (Å²) in [6.45, 7) is 6.39. The van der Waals surface area contributed by atoms with Crippen molar-refractivity contribution in [3.63, 3.8) is 0 Å². The Bertz CT molecular complexity index is 854. The molecule has 5 nitrogen and oxygen atoms in total. The molecule has 0 bridgehead atoms. The van der Waals surface area contributed by atoms with Crippen molar-refractivity contribution >= 4 is 5.69 Å². The molecule has 0 spiro atoms. The summed E-state index contributed by atoms with van der Waals surface area (Å²) in [5, 5.41) is 12.9. The van der Waals surface area contributed by atoms with E-state index in [0.717, 1.165) is 55.1 Å². The van der Waals surface area contributed by atoms with Crippen molar-refractivity contribution in [2.75, 3.05) is 25.5 Å². The Kier molecular flexibility index (Phi) is 5.92. The van der Waals surface area contributed by atoms with E-state index >= 15 is 0 Å². The van der Waals surface area contributed by atoms with E-state index in [2.05, 4.69) is 21.3 Å². The molecular formula is C21H25FN4O. The zero-order chi connectivity index (χ0) is 19.4. The van der Waals surface area contributed by atoms with Gasteiger partial charge in [0.2, 0.25) is 0 Å². The zero-order valence-electron chi connectivity index (χ0n) is 16.1. The van der Waals surface area contributed by atoms with Crippen LogP contribution in [-0.4, -0.2) is 36.1 Å². The van der Waals surface area contributed by atoms with E-state index in [1.54, 1.807) is 12.1 Å². The SMILES string of the molecule is COc1ccc(CN2CCC(Nc3cc(C)nc(C)c3C#N)CC2)cc1F. The van der Waals surface area contributed by atoms with Gasteiger partial charge in [0.25, 0.3) is 0 Å². The number of piperidine rings is 1. The number of pyridine rings is 1. The minimum absolute atomic E-state index is 0.276. The van der Waals surface area contributed by atoms with Gasteiger partial charge >= 0.3 is 0 Å². The molecule has 3 rings (SSSR count). The van der Waals surface area contributed by atoms with Crippen LogP contribution in [0.15, 0.2) is 24.3 Å². The van der Waals surface area contributed by atoms with Crippen LogP contribution in [0.2, 0.25) is 0 Å². The Morgan fingerprint density at radius 1 is 1.30 bits per heavy atom. The third-order valence-electron chi connectivity index (χ3n) is 5.01. The fourth-order valence-electron chi connectivity index (χ4n) is 3.61. The topological polar surface area (TPSA) is 61.2 Å². The number of aryl methyl sites for hydroxylation is 2. The highest BCUT2D eigenvalue weighted by atomic mass is 19.1. The summed E-state index contributed by atoms with van der Waals surface area (Å²) < 4.78 is 18.8. The average molecular weight is 368 g/mol. The first-order chi connectivity index (χ1) is 13.0. The molecule has 0 aliphatic carbocycles. The molecule has 1 aromatic carbocycles. The van der Waals surface area contributed by atoms with Crippen LogP contribution in [0.3, 0.4) is 0 Å². The van der Waals surface area contributed by atoms with Gasteiger partial charge in [0.1, 0.15) is 6.07 Å². The summed E-state index contributed by atoms with van der Waals surface area (Å²) in [5.74, 6) is -0.0445. The van der Waals surface area contributed by atoms with Gasteiger partial charge in [0.05, 0.1) is 24.1 Å². The van der Waals surface area contributed by atoms with E-state index in [4.69, 9.17) is 4.74 Å². The Morgan fingerprint density at radius 2 is 2.04 bits per heavy atom. The zero-order valence-corrected chi connectivity index (χ0v) is 16.1. The molecule has 27 heavy (non-hydrogen) atoms. The average Bonchev–Trinajstić information content (AvgIpc) is 2.63. The van der Waals surface area contributed by atoms with Gasteiger partial charge < -0.3 is 10.1 Å². The number of nitrogens with zero attached hydrogens (tertiary/aromatic N) is 3. The van der Waals surface area contributed by atoms with Crippen LogP contribution in [0, 0.1) is 31.0 Å². The quantitative estimate of drug-likeness (QED) is 0.870. The maximum atomic E-state index is 13.9. The highest BCUT2D eigenvalue weighted by Crippen LogP contribution is 2.24. The van der Waals surface area contributed by atoms with Crippen molar-refractivity contribution in [3.8, 4) is 11.8 Å². The van der Waals surface area contributed by atoms with E-state index in [1.165, 1.54) is 7.11 Å². The number of hydrogen-bond donors (Lipinski definition) is 1. The lowest BCUT2D eigenvalue weighted by Gasteiger charge is -2.33. The van der Waals surface area contributed by atoms with Crippen LogP contribution in [0.5, 0.6) is 5.75 Å². The van der Waals surface area contributed by atoms with Crippen molar-refractivity contribution in [1.82, 2.24) is 9.88 Å². The van der Waals surface area contributed by atoms with Crippen molar-refractivity contribution < 1.29 is 9.13 Å². The lowest BCUT2D eigenvalue weighted by molar-refractivity contribution is 0.211. The number of aromatic nitrogens is 1. The predicted octanol–water partition coefficient (Wildman–Crippen LogP) is 3.79. The van der Waals surface area contributed by atoms with Crippen molar-refractivity contribution in [2.45, 2.75) is 39.3 Å². The molecule has 0 amide bonds. The summed E-state index contributed by atoms with van der Waals surface area (Å²) in [4.78, 5) is 6.69. The maximum absolute atomic E-state index is 13.9. The van der Waals surface area contributed by atoms with Crippen LogP contribution < -0.4 is 10.1 Å². The van der Waals surface area contributed by atoms with E-state index < -0.39 is 0 Å². The molecule has 1 N–H and O–H groups in total. The second-order valence-corrected chi connectivity index (χ2v) is 7.05. The number of nitriles is 1. The Morgan fingerprint density at radius 3 is 2.67 bits per heavy atom. The number of anilines is 1. The van der Waals surface area contributed by atoms with Gasteiger partial charge in [0.15, 0.2) is 11.6 Å². The molecule has 0 saturated carbocycles. The molecule has 1 aromatic heterocycles. The van der Waals surface area contributed by atoms with Crippen molar-refractivity contribution in [3.05, 3.63) is 52.6 Å². The molecule has 1 fully saturated rings. The first kappa shape index (κ1) is 19.1. The van der Waals surface area contributed by atoms with Gasteiger partial charge in [-0.05, 0) is 50.5 Å². The minimum atomic E-state index is -0.320. The number of methoxy groups -OCH3 is 1. The number of likely N-dealkylation sites (tertiary alicyclic amines) is 1. The molecule has 1 saturated heterocycles. The van der Waals surface area contributed by atoms with Gasteiger partial charge in [-0.1, -0.05) is 6.07 Å². The van der Waals surface area contributed by atoms with Crippen LogP contribution in [0.25, 0.3) is 0 Å². The first-order valence-corrected chi connectivity index (χ1v) is 9.19. The van der Waals surface area contributed by atoms with Gasteiger partial charge in [-0.3, -0.25) is 9.88 Å². The third-order valence-corrected chi connectivity index (χ3v) is 5.01. The molecule has 0 unspecified atom stereocenters. The summed E-state index contributed by atoms with van der Waals surface area (Å²) >= 11 is 0. The molecule has 0 radical (unpaired) electrons. The van der Waals surface area contributed by atoms with Gasteiger partial charge in [-0.2, -0.15) is 5.26 Å². The molecule has 6 heteroatoms. The molecule has 2 aromatic rings. The predicted molar refractivity (Wildman–Crippen MR) is 103 cm³/mol. The lowest BCUT2D eigenvalue weighted by Crippen LogP contribution is -2.38. The van der Waals surface area contributed by atoms with Crippen LogP contribution >= 0.6 is 0 Å². The van der Waals surface area contributed by atoms with E-state index in [9.17, 15) is 9.65 Å². The standard InChI is InChI=1S/C21H25FN4O/c1-14-10-20(18(12-23)15(2)24-14)25-17-6-8-26(9-7-17)13-16-4-5-21(27-3)19(22)11-16/h4-5,10-11,17H,6-9,13H2,1-3H3,(H,24,25). The fraction of sp³-hybridized carbons (Fsp3) is 0.429. The minimum Gasteiger partial charge on any atom is -0.494 e. The number of benzene rings is 1. The molecule has 142 valence electrons. The smallest absolute Gasteiger partial charge is 0.165 e. The van der Waals surface area contributed by atoms with Crippen LogP contribution in [-0.2, 0) is 6.54 Å². The summed E-state index contributed by atoms with van der Waals surface area (Å²) in [6, 6.07) is 9.65. The molecule has 1 aliphatic heterocycles. The number of halogens is 1. The number of hydrogen-bond acceptors (Lipinski definition) is 5. The molecular weight excluding hydrogens is 343 g/mol. The van der Waals surface area contributed by atoms with Gasteiger partial charge in [0, 0.05) is 31.4 Å². The van der Waals surface area contributed by atoms with Crippen molar-refractivity contribution in [1.29, 1.82) is 5.26 Å². The van der Waals surface area contributed by atoms with Gasteiger partial charge in [-0.15, -0.1) is 0 Å².